The summed E-state index contributed by atoms with van der Waals surface area (Å²) in [6.45, 7) is 4.14. The van der Waals surface area contributed by atoms with Crippen LogP contribution < -0.4 is 29.4 Å². The van der Waals surface area contributed by atoms with E-state index in [0.717, 1.165) is 11.1 Å². The fourth-order valence-electron chi connectivity index (χ4n) is 3.32. The summed E-state index contributed by atoms with van der Waals surface area (Å²) in [6, 6.07) is 11.2. The smallest absolute Gasteiger partial charge is 0.231 e. The van der Waals surface area contributed by atoms with Gasteiger partial charge in [-0.05, 0) is 23.8 Å². The quantitative estimate of drug-likeness (QED) is 0.798. The van der Waals surface area contributed by atoms with Gasteiger partial charge in [0.15, 0.2) is 23.0 Å². The molecule has 2 aromatic rings. The Hall–Kier alpha value is -3.79. The number of fused-ring (bicyclic) bond motifs is 2. The molecule has 28 heavy (non-hydrogen) atoms. The van der Waals surface area contributed by atoms with E-state index in [1.807, 2.05) is 18.2 Å². The Balaban J connectivity index is 1.84. The van der Waals surface area contributed by atoms with Crippen molar-refractivity contribution < 1.29 is 23.7 Å². The molecule has 1 atom stereocenters. The van der Waals surface area contributed by atoms with Crippen LogP contribution in [0.4, 0.5) is 0 Å². The second-order valence-corrected chi connectivity index (χ2v) is 6.18. The summed E-state index contributed by atoms with van der Waals surface area (Å²) in [5, 5.41) is 9.72. The number of nitrogens with two attached hydrogens (primary N) is 1. The molecule has 7 heteroatoms. The molecular formula is C21H18N2O5. The van der Waals surface area contributed by atoms with Crippen molar-refractivity contribution in [1.29, 1.82) is 5.26 Å². The molecule has 7 nitrogen and oxygen atoms in total. The van der Waals surface area contributed by atoms with Gasteiger partial charge in [-0.1, -0.05) is 18.7 Å². The fraction of sp³-hybridized carbons (Fsp3) is 0.190. The number of allylic oxidation sites excluding steroid dienone is 1. The van der Waals surface area contributed by atoms with Crippen LogP contribution in [0, 0.1) is 11.3 Å². The van der Waals surface area contributed by atoms with Crippen LogP contribution in [0.25, 0.3) is 0 Å². The van der Waals surface area contributed by atoms with Gasteiger partial charge in [0, 0.05) is 11.6 Å². The van der Waals surface area contributed by atoms with Crippen molar-refractivity contribution in [3.8, 4) is 34.8 Å². The molecule has 2 N–H and O–H groups in total. The maximum Gasteiger partial charge on any atom is 0.231 e. The lowest BCUT2D eigenvalue weighted by Gasteiger charge is -2.27. The Labute approximate surface area is 162 Å². The van der Waals surface area contributed by atoms with E-state index in [0.29, 0.717) is 40.9 Å². The molecule has 0 bridgehead atoms. The molecular weight excluding hydrogens is 360 g/mol. The highest BCUT2D eigenvalue weighted by molar-refractivity contribution is 5.62. The van der Waals surface area contributed by atoms with Crippen LogP contribution in [0.5, 0.6) is 28.7 Å². The summed E-state index contributed by atoms with van der Waals surface area (Å²) in [5.41, 5.74) is 7.92. The van der Waals surface area contributed by atoms with E-state index in [-0.39, 0.29) is 12.7 Å². The van der Waals surface area contributed by atoms with Crippen LogP contribution in [0.1, 0.15) is 17.0 Å². The molecule has 0 saturated heterocycles. The number of ether oxygens (including phenoxy) is 5. The molecule has 0 radical (unpaired) electrons. The summed E-state index contributed by atoms with van der Waals surface area (Å²) in [4.78, 5) is 0. The Bertz CT molecular complexity index is 1020. The number of nitrogens with zero attached hydrogens (tertiary/aromatic N) is 1. The summed E-state index contributed by atoms with van der Waals surface area (Å²) in [7, 11) is 1.56. The van der Waals surface area contributed by atoms with Gasteiger partial charge in [-0.2, -0.15) is 5.26 Å². The molecule has 0 spiro atoms. The average Bonchev–Trinajstić information content (AvgIpc) is 3.17. The highest BCUT2D eigenvalue weighted by atomic mass is 16.7. The number of rotatable bonds is 5. The SMILES string of the molecule is C=CCOc1ccc([C@@H]2C(C#N)=C(N)Oc3cc4c(cc32)OCO4)cc1OC. The standard InChI is InChI=1S/C21H18N2O5/c1-3-6-25-15-5-4-12(7-17(15)24-2)20-13-8-18-19(27-11-26-18)9-16(13)28-21(23)14(20)10-22/h3-5,7-9,20H,1,6,11,23H2,2H3/t20-/m0/s1. The molecule has 0 unspecified atom stereocenters. The summed E-state index contributed by atoms with van der Waals surface area (Å²) < 4.78 is 27.7. The largest absolute Gasteiger partial charge is 0.493 e. The van der Waals surface area contributed by atoms with Crippen molar-refractivity contribution in [2.24, 2.45) is 5.73 Å². The van der Waals surface area contributed by atoms with Gasteiger partial charge in [-0.15, -0.1) is 0 Å². The molecule has 2 aliphatic heterocycles. The normalized spacial score (nSPS) is 16.6. The lowest BCUT2D eigenvalue weighted by atomic mass is 9.83. The number of benzene rings is 2. The third-order valence-electron chi connectivity index (χ3n) is 4.59. The molecule has 2 aromatic carbocycles. The van der Waals surface area contributed by atoms with Crippen LogP contribution in [0.3, 0.4) is 0 Å². The minimum absolute atomic E-state index is 0.0600. The molecule has 0 amide bonds. The Morgan fingerprint density at radius 1 is 1.21 bits per heavy atom. The molecule has 0 aromatic heterocycles. The van der Waals surface area contributed by atoms with Gasteiger partial charge in [-0.3, -0.25) is 0 Å². The van der Waals surface area contributed by atoms with Gasteiger partial charge in [0.1, 0.15) is 24.0 Å². The molecule has 0 fully saturated rings. The topological polar surface area (TPSA) is 96.0 Å². The molecule has 2 heterocycles. The summed E-state index contributed by atoms with van der Waals surface area (Å²) in [5.74, 6) is 2.45. The predicted octanol–water partition coefficient (Wildman–Crippen LogP) is 3.21. The van der Waals surface area contributed by atoms with Crippen LogP contribution in [-0.4, -0.2) is 20.5 Å². The van der Waals surface area contributed by atoms with E-state index < -0.39 is 5.92 Å². The van der Waals surface area contributed by atoms with Crippen LogP contribution in [0.15, 0.2) is 54.4 Å². The first-order valence-corrected chi connectivity index (χ1v) is 8.59. The van der Waals surface area contributed by atoms with Gasteiger partial charge in [0.25, 0.3) is 0 Å². The van der Waals surface area contributed by atoms with Crippen LogP contribution in [0.2, 0.25) is 0 Å². The minimum Gasteiger partial charge on any atom is -0.493 e. The molecule has 0 saturated carbocycles. The minimum atomic E-state index is -0.439. The first kappa shape index (κ1) is 17.6. The van der Waals surface area contributed by atoms with Crippen molar-refractivity contribution in [3.63, 3.8) is 0 Å². The van der Waals surface area contributed by atoms with E-state index in [4.69, 9.17) is 29.4 Å². The zero-order valence-electron chi connectivity index (χ0n) is 15.2. The first-order chi connectivity index (χ1) is 13.7. The fourth-order valence-corrected chi connectivity index (χ4v) is 3.32. The van der Waals surface area contributed by atoms with Crippen molar-refractivity contribution in [2.45, 2.75) is 5.92 Å². The second-order valence-electron chi connectivity index (χ2n) is 6.18. The number of hydrogen-bond acceptors (Lipinski definition) is 7. The third kappa shape index (κ3) is 2.85. The highest BCUT2D eigenvalue weighted by Crippen LogP contribution is 2.48. The maximum absolute atomic E-state index is 9.72. The van der Waals surface area contributed by atoms with E-state index in [1.54, 1.807) is 25.3 Å². The van der Waals surface area contributed by atoms with Crippen molar-refractivity contribution in [1.82, 2.24) is 0 Å². The van der Waals surface area contributed by atoms with E-state index >= 15 is 0 Å². The number of methoxy groups -OCH3 is 1. The van der Waals surface area contributed by atoms with Crippen LogP contribution in [-0.2, 0) is 0 Å². The molecule has 2 aliphatic rings. The van der Waals surface area contributed by atoms with Crippen molar-refractivity contribution in [2.75, 3.05) is 20.5 Å². The van der Waals surface area contributed by atoms with Crippen molar-refractivity contribution in [3.05, 3.63) is 65.6 Å². The zero-order valence-corrected chi connectivity index (χ0v) is 15.2. The number of nitriles is 1. The highest BCUT2D eigenvalue weighted by Gasteiger charge is 2.33. The van der Waals surface area contributed by atoms with Gasteiger partial charge in [0.2, 0.25) is 12.7 Å². The average molecular weight is 378 g/mol. The van der Waals surface area contributed by atoms with E-state index in [9.17, 15) is 5.26 Å². The van der Waals surface area contributed by atoms with Crippen LogP contribution >= 0.6 is 0 Å². The lowest BCUT2D eigenvalue weighted by Crippen LogP contribution is -2.21. The third-order valence-corrected chi connectivity index (χ3v) is 4.59. The molecule has 142 valence electrons. The summed E-state index contributed by atoms with van der Waals surface area (Å²) in [6.07, 6.45) is 1.65. The zero-order chi connectivity index (χ0) is 19.7. The first-order valence-electron chi connectivity index (χ1n) is 8.59. The summed E-state index contributed by atoms with van der Waals surface area (Å²) >= 11 is 0. The van der Waals surface area contributed by atoms with E-state index in [1.165, 1.54) is 0 Å². The van der Waals surface area contributed by atoms with Gasteiger partial charge in [-0.25, -0.2) is 0 Å². The Morgan fingerprint density at radius 2 is 2.00 bits per heavy atom. The predicted molar refractivity (Wildman–Crippen MR) is 101 cm³/mol. The van der Waals surface area contributed by atoms with Gasteiger partial charge < -0.3 is 29.4 Å². The monoisotopic (exact) mass is 378 g/mol. The molecule has 0 aliphatic carbocycles. The van der Waals surface area contributed by atoms with Gasteiger partial charge >= 0.3 is 0 Å². The second kappa shape index (κ2) is 7.08. The van der Waals surface area contributed by atoms with E-state index in [2.05, 4.69) is 12.6 Å². The van der Waals surface area contributed by atoms with Gasteiger partial charge in [0.05, 0.1) is 13.0 Å². The Morgan fingerprint density at radius 3 is 2.71 bits per heavy atom. The Kier molecular flexibility index (Phi) is 4.45. The number of hydrogen-bond donors (Lipinski definition) is 1. The lowest BCUT2D eigenvalue weighted by molar-refractivity contribution is 0.174. The molecule has 4 rings (SSSR count). The maximum atomic E-state index is 9.72. The van der Waals surface area contributed by atoms with Crippen molar-refractivity contribution >= 4 is 0 Å².